The van der Waals surface area contributed by atoms with E-state index in [9.17, 15) is 0 Å². The van der Waals surface area contributed by atoms with Crippen molar-refractivity contribution in [2.45, 2.75) is 12.5 Å². The molecule has 1 aromatic rings. The summed E-state index contributed by atoms with van der Waals surface area (Å²) in [6.07, 6.45) is 1.24. The second-order valence-corrected chi connectivity index (χ2v) is 3.31. The predicted octanol–water partition coefficient (Wildman–Crippen LogP) is 1.29. The SMILES string of the molecule is Cl.Clc1ccc(O[C@H]2CCNC2)nn1. The third kappa shape index (κ3) is 2.97. The molecule has 1 aromatic heterocycles. The summed E-state index contributed by atoms with van der Waals surface area (Å²) in [6.45, 7) is 1.88. The molecule has 0 unspecified atom stereocenters. The van der Waals surface area contributed by atoms with Crippen molar-refractivity contribution in [1.29, 1.82) is 0 Å². The third-order valence-electron chi connectivity index (χ3n) is 1.91. The van der Waals surface area contributed by atoms with Gasteiger partial charge in [-0.25, -0.2) is 0 Å². The fourth-order valence-corrected chi connectivity index (χ4v) is 1.37. The maximum absolute atomic E-state index is 5.59. The average molecular weight is 236 g/mol. The highest BCUT2D eigenvalue weighted by atomic mass is 35.5. The summed E-state index contributed by atoms with van der Waals surface area (Å²) in [7, 11) is 0. The Kier molecular flexibility index (Phi) is 4.38. The first-order valence-corrected chi connectivity index (χ1v) is 4.59. The van der Waals surface area contributed by atoms with Crippen LogP contribution in [0.5, 0.6) is 5.88 Å². The van der Waals surface area contributed by atoms with Gasteiger partial charge in [-0.2, -0.15) is 0 Å². The minimum atomic E-state index is 0. The number of aromatic nitrogens is 2. The van der Waals surface area contributed by atoms with Crippen LogP contribution >= 0.6 is 24.0 Å². The molecule has 0 spiro atoms. The second-order valence-electron chi connectivity index (χ2n) is 2.93. The molecule has 1 aliphatic rings. The number of nitrogens with one attached hydrogen (secondary N) is 1. The van der Waals surface area contributed by atoms with Gasteiger partial charge >= 0.3 is 0 Å². The molecule has 0 radical (unpaired) electrons. The van der Waals surface area contributed by atoms with E-state index in [1.54, 1.807) is 12.1 Å². The molecule has 6 heteroatoms. The van der Waals surface area contributed by atoms with E-state index < -0.39 is 0 Å². The molecule has 2 rings (SSSR count). The van der Waals surface area contributed by atoms with E-state index in [1.165, 1.54) is 0 Å². The van der Waals surface area contributed by atoms with Gasteiger partial charge in [0, 0.05) is 12.6 Å². The normalized spacial score (nSPS) is 20.2. The summed E-state index contributed by atoms with van der Waals surface area (Å²) in [5.41, 5.74) is 0. The summed E-state index contributed by atoms with van der Waals surface area (Å²) < 4.78 is 5.54. The molecule has 0 bridgehead atoms. The molecule has 1 aliphatic heterocycles. The highest BCUT2D eigenvalue weighted by Crippen LogP contribution is 2.12. The zero-order valence-electron chi connectivity index (χ0n) is 7.44. The Morgan fingerprint density at radius 3 is 2.86 bits per heavy atom. The van der Waals surface area contributed by atoms with Crippen LogP contribution in [0.2, 0.25) is 5.15 Å². The molecule has 78 valence electrons. The molecule has 0 amide bonds. The molecule has 0 aromatic carbocycles. The number of ether oxygens (including phenoxy) is 1. The van der Waals surface area contributed by atoms with E-state index in [4.69, 9.17) is 16.3 Å². The van der Waals surface area contributed by atoms with Crippen molar-refractivity contribution >= 4 is 24.0 Å². The molecule has 1 atom stereocenters. The Hall–Kier alpha value is -0.580. The van der Waals surface area contributed by atoms with Crippen LogP contribution in [0.15, 0.2) is 12.1 Å². The maximum atomic E-state index is 5.59. The summed E-state index contributed by atoms with van der Waals surface area (Å²) in [4.78, 5) is 0. The summed E-state index contributed by atoms with van der Waals surface area (Å²) in [5.74, 6) is 0.540. The van der Waals surface area contributed by atoms with Gasteiger partial charge in [0.1, 0.15) is 6.10 Å². The minimum Gasteiger partial charge on any atom is -0.472 e. The van der Waals surface area contributed by atoms with Crippen LogP contribution in [-0.4, -0.2) is 29.4 Å². The van der Waals surface area contributed by atoms with Gasteiger partial charge in [0.15, 0.2) is 5.15 Å². The number of rotatable bonds is 2. The Bertz CT molecular complexity index is 274. The first-order chi connectivity index (χ1) is 6.34. The van der Waals surface area contributed by atoms with Gasteiger partial charge in [0.25, 0.3) is 0 Å². The van der Waals surface area contributed by atoms with Crippen molar-refractivity contribution in [2.75, 3.05) is 13.1 Å². The van der Waals surface area contributed by atoms with Crippen molar-refractivity contribution in [2.24, 2.45) is 0 Å². The lowest BCUT2D eigenvalue weighted by molar-refractivity contribution is 0.211. The van der Waals surface area contributed by atoms with Gasteiger partial charge in [-0.3, -0.25) is 0 Å². The molecule has 1 fully saturated rings. The molecule has 14 heavy (non-hydrogen) atoms. The van der Waals surface area contributed by atoms with E-state index in [1.807, 2.05) is 0 Å². The molecule has 0 aliphatic carbocycles. The molecular formula is C8H11Cl2N3O. The number of hydrogen-bond donors (Lipinski definition) is 1. The predicted molar refractivity (Wildman–Crippen MR) is 56.2 cm³/mol. The standard InChI is InChI=1S/C8H10ClN3O.ClH/c9-7-1-2-8(12-11-7)13-6-3-4-10-5-6;/h1-2,6,10H,3-5H2;1H/t6-;/m0./s1. The van der Waals surface area contributed by atoms with E-state index in [0.717, 1.165) is 19.5 Å². The first kappa shape index (κ1) is 11.5. The van der Waals surface area contributed by atoms with Crippen LogP contribution in [0.4, 0.5) is 0 Å². The van der Waals surface area contributed by atoms with Gasteiger partial charge in [-0.1, -0.05) is 11.6 Å². The highest BCUT2D eigenvalue weighted by molar-refractivity contribution is 6.29. The zero-order chi connectivity index (χ0) is 9.10. The van der Waals surface area contributed by atoms with Crippen LogP contribution in [0.1, 0.15) is 6.42 Å². The second kappa shape index (κ2) is 5.34. The van der Waals surface area contributed by atoms with E-state index in [-0.39, 0.29) is 18.5 Å². The van der Waals surface area contributed by atoms with Crippen LogP contribution in [0.25, 0.3) is 0 Å². The fourth-order valence-electron chi connectivity index (χ4n) is 1.27. The largest absolute Gasteiger partial charge is 0.472 e. The molecule has 1 N–H and O–H groups in total. The average Bonchev–Trinajstić information content (AvgIpc) is 2.62. The Morgan fingerprint density at radius 2 is 2.29 bits per heavy atom. The van der Waals surface area contributed by atoms with Gasteiger partial charge in [-0.05, 0) is 19.0 Å². The van der Waals surface area contributed by atoms with Crippen molar-refractivity contribution < 1.29 is 4.74 Å². The molecule has 1 saturated heterocycles. The molecule has 2 heterocycles. The van der Waals surface area contributed by atoms with Crippen molar-refractivity contribution in [3.05, 3.63) is 17.3 Å². The van der Waals surface area contributed by atoms with Gasteiger partial charge in [-0.15, -0.1) is 22.6 Å². The van der Waals surface area contributed by atoms with Crippen LogP contribution < -0.4 is 10.1 Å². The number of nitrogens with zero attached hydrogens (tertiary/aromatic N) is 2. The monoisotopic (exact) mass is 235 g/mol. The first-order valence-electron chi connectivity index (χ1n) is 4.21. The van der Waals surface area contributed by atoms with E-state index in [0.29, 0.717) is 11.0 Å². The number of hydrogen-bond acceptors (Lipinski definition) is 4. The van der Waals surface area contributed by atoms with Crippen LogP contribution in [0, 0.1) is 0 Å². The summed E-state index contributed by atoms with van der Waals surface area (Å²) in [5, 5.41) is 11.1. The molecule has 4 nitrogen and oxygen atoms in total. The topological polar surface area (TPSA) is 47.0 Å². The fraction of sp³-hybridized carbons (Fsp3) is 0.500. The third-order valence-corrected chi connectivity index (χ3v) is 2.11. The smallest absolute Gasteiger partial charge is 0.233 e. The Balaban J connectivity index is 0.000000980. The van der Waals surface area contributed by atoms with Crippen molar-refractivity contribution in [3.8, 4) is 5.88 Å². The maximum Gasteiger partial charge on any atom is 0.233 e. The van der Waals surface area contributed by atoms with Crippen LogP contribution in [0.3, 0.4) is 0 Å². The van der Waals surface area contributed by atoms with Crippen molar-refractivity contribution in [3.63, 3.8) is 0 Å². The Morgan fingerprint density at radius 1 is 1.43 bits per heavy atom. The van der Waals surface area contributed by atoms with E-state index >= 15 is 0 Å². The molecular weight excluding hydrogens is 225 g/mol. The lowest BCUT2D eigenvalue weighted by Gasteiger charge is -2.09. The van der Waals surface area contributed by atoms with Gasteiger partial charge in [0.05, 0.1) is 0 Å². The summed E-state index contributed by atoms with van der Waals surface area (Å²) in [6, 6.07) is 3.40. The van der Waals surface area contributed by atoms with E-state index in [2.05, 4.69) is 15.5 Å². The highest BCUT2D eigenvalue weighted by Gasteiger charge is 2.16. The summed E-state index contributed by atoms with van der Waals surface area (Å²) >= 11 is 5.59. The van der Waals surface area contributed by atoms with Gasteiger partial charge < -0.3 is 10.1 Å². The zero-order valence-corrected chi connectivity index (χ0v) is 9.01. The van der Waals surface area contributed by atoms with Gasteiger partial charge in [0.2, 0.25) is 5.88 Å². The molecule has 0 saturated carbocycles. The Labute approximate surface area is 93.4 Å². The van der Waals surface area contributed by atoms with Crippen molar-refractivity contribution in [1.82, 2.24) is 15.5 Å². The number of halogens is 2. The lowest BCUT2D eigenvalue weighted by atomic mass is 10.3. The van der Waals surface area contributed by atoms with Crippen LogP contribution in [-0.2, 0) is 0 Å². The lowest BCUT2D eigenvalue weighted by Crippen LogP contribution is -2.20. The quantitative estimate of drug-likeness (QED) is 0.840. The minimum absolute atomic E-state index is 0.